The van der Waals surface area contributed by atoms with Gasteiger partial charge in [0.05, 0.1) is 16.5 Å². The Morgan fingerprint density at radius 1 is 1.42 bits per heavy atom. The van der Waals surface area contributed by atoms with Crippen LogP contribution in [-0.4, -0.2) is 47.1 Å². The molecule has 0 unspecified atom stereocenters. The second-order valence-electron chi connectivity index (χ2n) is 4.09. The number of likely N-dealkylation sites (N-methyl/N-ethyl adjacent to an activating group) is 1. The molecule has 0 aliphatic carbocycles. The number of sulfonamides is 1. The van der Waals surface area contributed by atoms with Crippen LogP contribution >= 0.6 is 15.9 Å². The molecule has 0 spiro atoms. The number of hydrogen-bond donors (Lipinski definition) is 1. The summed E-state index contributed by atoms with van der Waals surface area (Å²) >= 11 is 3.28. The molecule has 19 heavy (non-hydrogen) atoms. The summed E-state index contributed by atoms with van der Waals surface area (Å²) in [5.74, 6) is 0.602. The largest absolute Gasteiger partial charge is 0.496 e. The molecule has 0 atom stereocenters. The molecule has 1 N–H and O–H groups in total. The van der Waals surface area contributed by atoms with Crippen molar-refractivity contribution in [3.8, 4) is 5.75 Å². The van der Waals surface area contributed by atoms with Gasteiger partial charge in [0.2, 0.25) is 10.0 Å². The van der Waals surface area contributed by atoms with E-state index in [0.29, 0.717) is 23.3 Å². The van der Waals surface area contributed by atoms with E-state index >= 15 is 0 Å². The molecule has 1 rings (SSSR count). The summed E-state index contributed by atoms with van der Waals surface area (Å²) in [6.07, 6.45) is 0. The first-order valence-corrected chi connectivity index (χ1v) is 8.20. The number of nitrogens with zero attached hydrogens (tertiary/aromatic N) is 1. The van der Waals surface area contributed by atoms with Gasteiger partial charge in [0.15, 0.2) is 0 Å². The molecule has 0 radical (unpaired) electrons. The zero-order valence-electron chi connectivity index (χ0n) is 11.3. The monoisotopic (exact) mass is 350 g/mol. The molecule has 0 heterocycles. The zero-order valence-corrected chi connectivity index (χ0v) is 13.7. The standard InChI is InChI=1S/C12H19BrN2O3S/c1-4-15(2)8-7-14-19(16,17)10-5-6-12(18-3)11(13)9-10/h5-6,9,14H,4,7-8H2,1-3H3. The first-order valence-electron chi connectivity index (χ1n) is 5.92. The molecule has 0 aromatic heterocycles. The molecule has 0 aliphatic rings. The van der Waals surface area contributed by atoms with Gasteiger partial charge in [-0.25, -0.2) is 13.1 Å². The third kappa shape index (κ3) is 4.76. The van der Waals surface area contributed by atoms with E-state index < -0.39 is 10.0 Å². The Morgan fingerprint density at radius 2 is 2.11 bits per heavy atom. The van der Waals surface area contributed by atoms with Gasteiger partial charge in [0.1, 0.15) is 5.75 Å². The Hall–Kier alpha value is -0.630. The molecule has 5 nitrogen and oxygen atoms in total. The minimum absolute atomic E-state index is 0.222. The fraction of sp³-hybridized carbons (Fsp3) is 0.500. The first-order chi connectivity index (χ1) is 8.90. The number of halogens is 1. The average Bonchev–Trinajstić information content (AvgIpc) is 2.38. The molecule has 7 heteroatoms. The van der Waals surface area contributed by atoms with Crippen LogP contribution in [0.5, 0.6) is 5.75 Å². The lowest BCUT2D eigenvalue weighted by Crippen LogP contribution is -2.32. The van der Waals surface area contributed by atoms with Gasteiger partial charge >= 0.3 is 0 Å². The Balaban J connectivity index is 2.75. The van der Waals surface area contributed by atoms with E-state index in [4.69, 9.17) is 4.74 Å². The molecular formula is C12H19BrN2O3S. The van der Waals surface area contributed by atoms with Crippen LogP contribution in [0.25, 0.3) is 0 Å². The number of benzene rings is 1. The van der Waals surface area contributed by atoms with E-state index in [1.54, 1.807) is 6.07 Å². The molecule has 0 aliphatic heterocycles. The maximum absolute atomic E-state index is 12.1. The average molecular weight is 351 g/mol. The molecule has 1 aromatic carbocycles. The van der Waals surface area contributed by atoms with Gasteiger partial charge in [0, 0.05) is 13.1 Å². The third-order valence-corrected chi connectivity index (χ3v) is 4.84. The van der Waals surface area contributed by atoms with Gasteiger partial charge in [-0.2, -0.15) is 0 Å². The minimum Gasteiger partial charge on any atom is -0.496 e. The lowest BCUT2D eigenvalue weighted by Gasteiger charge is -2.14. The maximum Gasteiger partial charge on any atom is 0.240 e. The van der Waals surface area contributed by atoms with Crippen molar-refractivity contribution in [2.45, 2.75) is 11.8 Å². The zero-order chi connectivity index (χ0) is 14.5. The predicted octanol–water partition coefficient (Wildman–Crippen LogP) is 1.69. The summed E-state index contributed by atoms with van der Waals surface area (Å²) in [6, 6.07) is 4.68. The van der Waals surface area contributed by atoms with Crippen molar-refractivity contribution in [2.24, 2.45) is 0 Å². The summed E-state index contributed by atoms with van der Waals surface area (Å²) in [6.45, 7) is 3.97. The van der Waals surface area contributed by atoms with E-state index in [1.165, 1.54) is 19.2 Å². The van der Waals surface area contributed by atoms with Gasteiger partial charge in [-0.1, -0.05) is 6.92 Å². The molecular weight excluding hydrogens is 332 g/mol. The normalized spacial score (nSPS) is 11.8. The summed E-state index contributed by atoms with van der Waals surface area (Å²) < 4.78 is 32.4. The fourth-order valence-corrected chi connectivity index (χ4v) is 3.17. The second-order valence-corrected chi connectivity index (χ2v) is 6.71. The molecule has 0 saturated carbocycles. The quantitative estimate of drug-likeness (QED) is 0.812. The van der Waals surface area contributed by atoms with Crippen molar-refractivity contribution in [2.75, 3.05) is 33.8 Å². The predicted molar refractivity (Wildman–Crippen MR) is 79.1 cm³/mol. The molecule has 0 amide bonds. The van der Waals surface area contributed by atoms with Crippen molar-refractivity contribution < 1.29 is 13.2 Å². The second kappa shape index (κ2) is 7.23. The molecule has 0 fully saturated rings. The van der Waals surface area contributed by atoms with Crippen LogP contribution in [0.4, 0.5) is 0 Å². The Labute approximate surface area is 123 Å². The van der Waals surface area contributed by atoms with E-state index in [2.05, 4.69) is 20.7 Å². The van der Waals surface area contributed by atoms with Crippen LogP contribution in [0.1, 0.15) is 6.92 Å². The van der Waals surface area contributed by atoms with Crippen LogP contribution in [0.2, 0.25) is 0 Å². The highest BCUT2D eigenvalue weighted by atomic mass is 79.9. The van der Waals surface area contributed by atoms with Gasteiger partial charge in [0.25, 0.3) is 0 Å². The highest BCUT2D eigenvalue weighted by molar-refractivity contribution is 9.10. The lowest BCUT2D eigenvalue weighted by atomic mass is 10.3. The molecule has 0 bridgehead atoms. The van der Waals surface area contributed by atoms with Gasteiger partial charge in [-0.05, 0) is 47.7 Å². The number of ether oxygens (including phenoxy) is 1. The minimum atomic E-state index is -3.47. The summed E-state index contributed by atoms with van der Waals surface area (Å²) in [5, 5.41) is 0. The third-order valence-electron chi connectivity index (χ3n) is 2.76. The van der Waals surface area contributed by atoms with Crippen LogP contribution in [-0.2, 0) is 10.0 Å². The van der Waals surface area contributed by atoms with Crippen molar-refractivity contribution >= 4 is 26.0 Å². The summed E-state index contributed by atoms with van der Waals surface area (Å²) in [7, 11) is 0.00368. The summed E-state index contributed by atoms with van der Waals surface area (Å²) in [5.41, 5.74) is 0. The number of rotatable bonds is 7. The van der Waals surface area contributed by atoms with E-state index in [1.807, 2.05) is 18.9 Å². The van der Waals surface area contributed by atoms with Crippen LogP contribution in [0.15, 0.2) is 27.6 Å². The van der Waals surface area contributed by atoms with E-state index in [9.17, 15) is 8.42 Å². The fourth-order valence-electron chi connectivity index (χ4n) is 1.43. The smallest absolute Gasteiger partial charge is 0.240 e. The van der Waals surface area contributed by atoms with Crippen LogP contribution in [0, 0.1) is 0 Å². The van der Waals surface area contributed by atoms with Crippen LogP contribution in [0.3, 0.4) is 0 Å². The van der Waals surface area contributed by atoms with Crippen molar-refractivity contribution in [1.29, 1.82) is 0 Å². The molecule has 108 valence electrons. The van der Waals surface area contributed by atoms with E-state index in [-0.39, 0.29) is 4.90 Å². The highest BCUT2D eigenvalue weighted by Gasteiger charge is 2.15. The Morgan fingerprint density at radius 3 is 2.63 bits per heavy atom. The van der Waals surface area contributed by atoms with Crippen LogP contribution < -0.4 is 9.46 Å². The number of hydrogen-bond acceptors (Lipinski definition) is 4. The molecule has 0 saturated heterocycles. The first kappa shape index (κ1) is 16.4. The Kier molecular flexibility index (Phi) is 6.25. The SMILES string of the molecule is CCN(C)CCNS(=O)(=O)c1ccc(OC)c(Br)c1. The van der Waals surface area contributed by atoms with Gasteiger partial charge in [-0.15, -0.1) is 0 Å². The van der Waals surface area contributed by atoms with E-state index in [0.717, 1.165) is 6.54 Å². The maximum atomic E-state index is 12.1. The van der Waals surface area contributed by atoms with Crippen molar-refractivity contribution in [3.63, 3.8) is 0 Å². The topological polar surface area (TPSA) is 58.6 Å². The summed E-state index contributed by atoms with van der Waals surface area (Å²) in [4.78, 5) is 2.26. The number of nitrogens with one attached hydrogen (secondary N) is 1. The van der Waals surface area contributed by atoms with Crippen molar-refractivity contribution in [1.82, 2.24) is 9.62 Å². The van der Waals surface area contributed by atoms with Gasteiger partial charge < -0.3 is 9.64 Å². The number of methoxy groups -OCH3 is 1. The van der Waals surface area contributed by atoms with Gasteiger partial charge in [-0.3, -0.25) is 0 Å². The lowest BCUT2D eigenvalue weighted by molar-refractivity contribution is 0.358. The van der Waals surface area contributed by atoms with Crippen molar-refractivity contribution in [3.05, 3.63) is 22.7 Å². The highest BCUT2D eigenvalue weighted by Crippen LogP contribution is 2.27. The Bertz CT molecular complexity index is 520. The molecule has 1 aromatic rings.